The van der Waals surface area contributed by atoms with Gasteiger partial charge in [-0.05, 0) is 46.3 Å². The number of halogens is 2. The number of hydrogen-bond donors (Lipinski definition) is 0. The molecule has 0 saturated heterocycles. The van der Waals surface area contributed by atoms with Gasteiger partial charge in [0.25, 0.3) is 0 Å². The molecule has 0 radical (unpaired) electrons. The normalized spacial score (nSPS) is 10.2. The largest absolute Gasteiger partial charge is 0.298 e. The second-order valence-corrected chi connectivity index (χ2v) is 5.51. The minimum Gasteiger partial charge on any atom is -0.298 e. The summed E-state index contributed by atoms with van der Waals surface area (Å²) in [5.41, 5.74) is 0.569. The SMILES string of the molecule is O=Cc1cc(Cl)ccc1Sc1ncccc1Br. The molecular weight excluding hydrogens is 322 g/mol. The number of carbonyl (C=O) groups excluding carboxylic acids is 1. The molecule has 0 aliphatic rings. The molecule has 2 aromatic rings. The molecule has 1 heterocycles. The van der Waals surface area contributed by atoms with E-state index in [0.29, 0.717) is 10.6 Å². The minimum atomic E-state index is 0.552. The Morgan fingerprint density at radius 1 is 1.35 bits per heavy atom. The highest BCUT2D eigenvalue weighted by Crippen LogP contribution is 2.33. The van der Waals surface area contributed by atoms with E-state index < -0.39 is 0 Å². The zero-order valence-electron chi connectivity index (χ0n) is 8.56. The summed E-state index contributed by atoms with van der Waals surface area (Å²) in [6.07, 6.45) is 2.51. The van der Waals surface area contributed by atoms with Crippen molar-refractivity contribution in [3.05, 3.63) is 51.6 Å². The Kier molecular flexibility index (Phi) is 4.20. The van der Waals surface area contributed by atoms with Crippen LogP contribution < -0.4 is 0 Å². The maximum absolute atomic E-state index is 11.0. The van der Waals surface area contributed by atoms with Crippen LogP contribution in [0.4, 0.5) is 0 Å². The van der Waals surface area contributed by atoms with Crippen molar-refractivity contribution in [3.8, 4) is 0 Å². The van der Waals surface area contributed by atoms with Gasteiger partial charge in [0.2, 0.25) is 0 Å². The number of hydrogen-bond acceptors (Lipinski definition) is 3. The molecule has 0 N–H and O–H groups in total. The van der Waals surface area contributed by atoms with E-state index >= 15 is 0 Å². The van der Waals surface area contributed by atoms with Crippen LogP contribution in [0.3, 0.4) is 0 Å². The van der Waals surface area contributed by atoms with Gasteiger partial charge in [0.15, 0.2) is 6.29 Å². The van der Waals surface area contributed by atoms with Gasteiger partial charge in [-0.15, -0.1) is 0 Å². The van der Waals surface area contributed by atoms with Crippen LogP contribution in [0.15, 0.2) is 50.9 Å². The monoisotopic (exact) mass is 327 g/mol. The van der Waals surface area contributed by atoms with Gasteiger partial charge < -0.3 is 0 Å². The lowest BCUT2D eigenvalue weighted by Crippen LogP contribution is -1.87. The summed E-state index contributed by atoms with van der Waals surface area (Å²) in [6.45, 7) is 0. The van der Waals surface area contributed by atoms with E-state index in [9.17, 15) is 4.79 Å². The summed E-state index contributed by atoms with van der Waals surface area (Å²) < 4.78 is 0.900. The Morgan fingerprint density at radius 3 is 2.88 bits per heavy atom. The van der Waals surface area contributed by atoms with Crippen LogP contribution in [0.5, 0.6) is 0 Å². The van der Waals surface area contributed by atoms with Gasteiger partial charge in [-0.3, -0.25) is 4.79 Å². The average molecular weight is 329 g/mol. The van der Waals surface area contributed by atoms with Crippen LogP contribution in [-0.2, 0) is 0 Å². The maximum Gasteiger partial charge on any atom is 0.151 e. The van der Waals surface area contributed by atoms with Crippen molar-refractivity contribution in [2.24, 2.45) is 0 Å². The highest BCUT2D eigenvalue weighted by Gasteiger charge is 2.07. The lowest BCUT2D eigenvalue weighted by atomic mass is 10.2. The van der Waals surface area contributed by atoms with E-state index in [4.69, 9.17) is 11.6 Å². The molecule has 1 aromatic heterocycles. The second kappa shape index (κ2) is 5.67. The lowest BCUT2D eigenvalue weighted by molar-refractivity contribution is 0.112. The number of rotatable bonds is 3. The highest BCUT2D eigenvalue weighted by molar-refractivity contribution is 9.10. The third kappa shape index (κ3) is 3.09. The number of benzene rings is 1. The molecule has 2 nitrogen and oxygen atoms in total. The summed E-state index contributed by atoms with van der Waals surface area (Å²) in [6, 6.07) is 8.97. The van der Waals surface area contributed by atoms with Crippen LogP contribution in [-0.4, -0.2) is 11.3 Å². The summed E-state index contributed by atoms with van der Waals surface area (Å²) in [7, 11) is 0. The van der Waals surface area contributed by atoms with E-state index in [-0.39, 0.29) is 0 Å². The topological polar surface area (TPSA) is 30.0 Å². The molecule has 0 aliphatic heterocycles. The second-order valence-electron chi connectivity index (χ2n) is 3.19. The summed E-state index contributed by atoms with van der Waals surface area (Å²) in [4.78, 5) is 16.0. The maximum atomic E-state index is 11.0. The van der Waals surface area contributed by atoms with Crippen molar-refractivity contribution in [2.75, 3.05) is 0 Å². The molecule has 0 bridgehead atoms. The van der Waals surface area contributed by atoms with E-state index in [1.807, 2.05) is 18.2 Å². The number of carbonyl (C=O) groups is 1. The van der Waals surface area contributed by atoms with E-state index in [1.165, 1.54) is 11.8 Å². The predicted octanol–water partition coefficient (Wildman–Crippen LogP) is 4.46. The first-order chi connectivity index (χ1) is 8.20. The summed E-state index contributed by atoms with van der Waals surface area (Å²) in [5.74, 6) is 0. The highest BCUT2D eigenvalue weighted by atomic mass is 79.9. The van der Waals surface area contributed by atoms with Gasteiger partial charge >= 0.3 is 0 Å². The Balaban J connectivity index is 2.36. The molecule has 0 unspecified atom stereocenters. The Morgan fingerprint density at radius 2 is 2.18 bits per heavy atom. The fourth-order valence-electron chi connectivity index (χ4n) is 1.25. The standard InChI is InChI=1S/C12H7BrClNOS/c13-10-2-1-5-15-12(10)17-11-4-3-9(14)6-8(11)7-16/h1-7H. The molecule has 17 heavy (non-hydrogen) atoms. The Hall–Kier alpha value is -0.840. The van der Waals surface area contributed by atoms with Crippen LogP contribution >= 0.6 is 39.3 Å². The van der Waals surface area contributed by atoms with Crippen LogP contribution in [0, 0.1) is 0 Å². The van der Waals surface area contributed by atoms with Gasteiger partial charge in [-0.2, -0.15) is 0 Å². The predicted molar refractivity (Wildman–Crippen MR) is 72.9 cm³/mol. The molecule has 0 amide bonds. The van der Waals surface area contributed by atoms with Gasteiger partial charge in [-0.1, -0.05) is 23.4 Å². The fraction of sp³-hybridized carbons (Fsp3) is 0. The number of nitrogens with zero attached hydrogens (tertiary/aromatic N) is 1. The molecule has 86 valence electrons. The summed E-state index contributed by atoms with van der Waals surface area (Å²) in [5, 5.41) is 1.37. The fourth-order valence-corrected chi connectivity index (χ4v) is 2.78. The van der Waals surface area contributed by atoms with Crippen LogP contribution in [0.1, 0.15) is 10.4 Å². The minimum absolute atomic E-state index is 0.552. The molecule has 0 atom stereocenters. The van der Waals surface area contributed by atoms with Gasteiger partial charge in [0.1, 0.15) is 5.03 Å². The third-order valence-corrected chi connectivity index (χ3v) is 4.28. The first-order valence-corrected chi connectivity index (χ1v) is 6.72. The van der Waals surface area contributed by atoms with Gasteiger partial charge in [-0.25, -0.2) is 4.98 Å². The zero-order valence-corrected chi connectivity index (χ0v) is 11.7. The van der Waals surface area contributed by atoms with Crippen molar-refractivity contribution < 1.29 is 4.79 Å². The first-order valence-electron chi connectivity index (χ1n) is 4.74. The van der Waals surface area contributed by atoms with Crippen molar-refractivity contribution in [1.29, 1.82) is 0 Å². The van der Waals surface area contributed by atoms with Crippen molar-refractivity contribution in [1.82, 2.24) is 4.98 Å². The zero-order chi connectivity index (χ0) is 12.3. The van der Waals surface area contributed by atoms with Gasteiger partial charge in [0, 0.05) is 21.7 Å². The lowest BCUT2D eigenvalue weighted by Gasteiger charge is -2.05. The van der Waals surface area contributed by atoms with Crippen molar-refractivity contribution in [3.63, 3.8) is 0 Å². The molecule has 2 rings (SSSR count). The smallest absolute Gasteiger partial charge is 0.151 e. The van der Waals surface area contributed by atoms with E-state index in [2.05, 4.69) is 20.9 Å². The number of aldehydes is 1. The molecular formula is C12H7BrClNOS. The van der Waals surface area contributed by atoms with Crippen LogP contribution in [0.2, 0.25) is 5.02 Å². The van der Waals surface area contributed by atoms with E-state index in [1.54, 1.807) is 18.3 Å². The van der Waals surface area contributed by atoms with Crippen LogP contribution in [0.25, 0.3) is 0 Å². The first kappa shape index (κ1) is 12.6. The average Bonchev–Trinajstić information content (AvgIpc) is 2.34. The molecule has 0 fully saturated rings. The van der Waals surface area contributed by atoms with Crippen molar-refractivity contribution >= 4 is 45.6 Å². The van der Waals surface area contributed by atoms with Gasteiger partial charge in [0.05, 0.1) is 4.47 Å². The molecule has 0 spiro atoms. The number of pyridine rings is 1. The Bertz CT molecular complexity index is 562. The molecule has 0 saturated carbocycles. The molecule has 0 aliphatic carbocycles. The summed E-state index contributed by atoms with van der Waals surface area (Å²) >= 11 is 10.7. The Labute approximate surface area is 117 Å². The quantitative estimate of drug-likeness (QED) is 0.779. The molecule has 5 heteroatoms. The molecule has 1 aromatic carbocycles. The number of aromatic nitrogens is 1. The van der Waals surface area contributed by atoms with E-state index in [0.717, 1.165) is 20.7 Å². The van der Waals surface area contributed by atoms with Crippen molar-refractivity contribution in [2.45, 2.75) is 9.92 Å². The third-order valence-electron chi connectivity index (χ3n) is 2.03.